The van der Waals surface area contributed by atoms with Gasteiger partial charge >= 0.3 is 0 Å². The smallest absolute Gasteiger partial charge is 0 e. The first kappa shape index (κ1) is 9.88. The Morgan fingerprint density at radius 1 is 1.33 bits per heavy atom. The Morgan fingerprint density at radius 3 is 1.50 bits per heavy atom. The molecule has 0 spiro atoms. The van der Waals surface area contributed by atoms with E-state index >= 15 is 0 Å². The molecule has 0 rings (SSSR count). The summed E-state index contributed by atoms with van der Waals surface area (Å²) in [6, 6.07) is 0. The molecule has 0 amide bonds. The maximum absolute atomic E-state index is 2.16. The van der Waals surface area contributed by atoms with Crippen molar-refractivity contribution < 1.29 is 22.4 Å². The number of hydrogen-bond donors (Lipinski definition) is 0. The normalized spacial score (nSPS) is 8.00. The maximum Gasteiger partial charge on any atom is 0 e. The van der Waals surface area contributed by atoms with Gasteiger partial charge in [0.2, 0.25) is 0 Å². The zero-order valence-corrected chi connectivity index (χ0v) is 6.85. The SMILES string of the molecule is CC[C-](C)C.[Nb]. The minimum absolute atomic E-state index is 0. The first-order chi connectivity index (χ1) is 2.27. The Morgan fingerprint density at radius 2 is 1.50 bits per heavy atom. The van der Waals surface area contributed by atoms with Crippen LogP contribution in [0.4, 0.5) is 0 Å². The van der Waals surface area contributed by atoms with Crippen LogP contribution in [-0.4, -0.2) is 0 Å². The van der Waals surface area contributed by atoms with Crippen LogP contribution in [0, 0.1) is 5.92 Å². The van der Waals surface area contributed by atoms with E-state index in [0.29, 0.717) is 0 Å². The van der Waals surface area contributed by atoms with E-state index < -0.39 is 0 Å². The van der Waals surface area contributed by atoms with Gasteiger partial charge in [-0.3, -0.25) is 0 Å². The van der Waals surface area contributed by atoms with Gasteiger partial charge in [0, 0.05) is 22.4 Å². The molecule has 0 saturated heterocycles. The van der Waals surface area contributed by atoms with E-state index in [0.717, 1.165) is 0 Å². The van der Waals surface area contributed by atoms with Crippen molar-refractivity contribution in [2.75, 3.05) is 0 Å². The van der Waals surface area contributed by atoms with E-state index in [4.69, 9.17) is 0 Å². The van der Waals surface area contributed by atoms with Crippen LogP contribution < -0.4 is 0 Å². The summed E-state index contributed by atoms with van der Waals surface area (Å²) in [6.45, 7) is 6.44. The minimum Gasteiger partial charge on any atom is -0.320 e. The van der Waals surface area contributed by atoms with Gasteiger partial charge in [0.15, 0.2) is 0 Å². The quantitative estimate of drug-likeness (QED) is 0.410. The summed E-state index contributed by atoms with van der Waals surface area (Å²) >= 11 is 0. The molecule has 0 atom stereocenters. The van der Waals surface area contributed by atoms with E-state index in [1.165, 1.54) is 12.3 Å². The molecule has 1 radical (unpaired) electrons. The molecule has 0 aromatic rings. The monoisotopic (exact) mass is 164 g/mol. The molecule has 1 heteroatoms. The van der Waals surface area contributed by atoms with Crippen LogP contribution in [-0.2, 0) is 22.4 Å². The standard InChI is InChI=1S/C5H11.Nb/c1-4-5(2)3;/h4H2,1-3H3;/q-1;. The molecule has 0 aromatic heterocycles. The maximum atomic E-state index is 2.16. The van der Waals surface area contributed by atoms with Crippen LogP contribution in [0.1, 0.15) is 27.2 Å². The van der Waals surface area contributed by atoms with Crippen LogP contribution in [0.25, 0.3) is 0 Å². The second-order valence-corrected chi connectivity index (χ2v) is 1.56. The van der Waals surface area contributed by atoms with Crippen molar-refractivity contribution in [3.63, 3.8) is 0 Å². The van der Waals surface area contributed by atoms with Crippen molar-refractivity contribution in [1.82, 2.24) is 0 Å². The predicted octanol–water partition coefficient (Wildman–Crippen LogP) is 2.01. The van der Waals surface area contributed by atoms with Crippen molar-refractivity contribution >= 4 is 0 Å². The summed E-state index contributed by atoms with van der Waals surface area (Å²) in [5.41, 5.74) is 0. The second-order valence-electron chi connectivity index (χ2n) is 1.56. The first-order valence-electron chi connectivity index (χ1n) is 2.06. The van der Waals surface area contributed by atoms with E-state index in [-0.39, 0.29) is 22.4 Å². The Balaban J connectivity index is 0. The largest absolute Gasteiger partial charge is 0.320 e. The van der Waals surface area contributed by atoms with E-state index in [1.54, 1.807) is 0 Å². The van der Waals surface area contributed by atoms with E-state index in [2.05, 4.69) is 20.8 Å². The molecular formula is C5H11Nb-. The van der Waals surface area contributed by atoms with Gasteiger partial charge in [-0.25, -0.2) is 0 Å². The van der Waals surface area contributed by atoms with Crippen molar-refractivity contribution in [2.45, 2.75) is 27.2 Å². The number of hydrogen-bond acceptors (Lipinski definition) is 0. The fourth-order valence-electron chi connectivity index (χ4n) is 0. The summed E-state index contributed by atoms with van der Waals surface area (Å²) in [4.78, 5) is 0. The average Bonchev–Trinajstić information content (AvgIpc) is 1.38. The predicted molar refractivity (Wildman–Crippen MR) is 24.9 cm³/mol. The molecule has 0 bridgehead atoms. The molecule has 37 valence electrons. The van der Waals surface area contributed by atoms with Gasteiger partial charge < -0.3 is 5.92 Å². The molecule has 0 unspecified atom stereocenters. The number of rotatable bonds is 1. The Bertz CT molecular complexity index is 17.9. The molecule has 0 nitrogen and oxygen atoms in total. The Labute approximate surface area is 55.8 Å². The summed E-state index contributed by atoms with van der Waals surface area (Å²) in [5, 5.41) is 0. The van der Waals surface area contributed by atoms with Gasteiger partial charge in [-0.1, -0.05) is 6.92 Å². The zero-order valence-electron chi connectivity index (χ0n) is 4.65. The minimum atomic E-state index is 0. The molecule has 0 aliphatic heterocycles. The van der Waals surface area contributed by atoms with Gasteiger partial charge in [-0.05, 0) is 0 Å². The van der Waals surface area contributed by atoms with E-state index in [1.807, 2.05) is 0 Å². The van der Waals surface area contributed by atoms with Gasteiger partial charge in [-0.2, -0.15) is 20.3 Å². The molecule has 0 N–H and O–H groups in total. The van der Waals surface area contributed by atoms with Crippen LogP contribution >= 0.6 is 0 Å². The van der Waals surface area contributed by atoms with Crippen LogP contribution in [0.2, 0.25) is 0 Å². The van der Waals surface area contributed by atoms with Gasteiger partial charge in [-0.15, -0.1) is 0 Å². The fourth-order valence-corrected chi connectivity index (χ4v) is 0. The molecular weight excluding hydrogens is 153 g/mol. The fraction of sp³-hybridized carbons (Fsp3) is 0.800. The molecule has 0 saturated carbocycles. The van der Waals surface area contributed by atoms with E-state index in [9.17, 15) is 0 Å². The molecule has 0 fully saturated rings. The van der Waals surface area contributed by atoms with Crippen molar-refractivity contribution in [3.05, 3.63) is 5.92 Å². The van der Waals surface area contributed by atoms with Crippen LogP contribution in [0.3, 0.4) is 0 Å². The third-order valence-electron chi connectivity index (χ3n) is 0.707. The first-order valence-corrected chi connectivity index (χ1v) is 2.06. The van der Waals surface area contributed by atoms with Crippen molar-refractivity contribution in [3.8, 4) is 0 Å². The van der Waals surface area contributed by atoms with Crippen molar-refractivity contribution in [1.29, 1.82) is 0 Å². The zero-order chi connectivity index (χ0) is 4.28. The van der Waals surface area contributed by atoms with Crippen molar-refractivity contribution in [2.24, 2.45) is 0 Å². The third-order valence-corrected chi connectivity index (χ3v) is 0.707. The molecule has 0 aliphatic carbocycles. The summed E-state index contributed by atoms with van der Waals surface area (Å²) in [6.07, 6.45) is 1.22. The molecule has 0 aromatic carbocycles. The summed E-state index contributed by atoms with van der Waals surface area (Å²) in [5.74, 6) is 1.50. The third kappa shape index (κ3) is 8.83. The topological polar surface area (TPSA) is 0 Å². The summed E-state index contributed by atoms with van der Waals surface area (Å²) in [7, 11) is 0. The molecule has 0 heterocycles. The van der Waals surface area contributed by atoms with Gasteiger partial charge in [0.25, 0.3) is 0 Å². The van der Waals surface area contributed by atoms with Crippen LogP contribution in [0.15, 0.2) is 0 Å². The molecule has 6 heavy (non-hydrogen) atoms. The average molecular weight is 164 g/mol. The summed E-state index contributed by atoms with van der Waals surface area (Å²) < 4.78 is 0. The van der Waals surface area contributed by atoms with Crippen LogP contribution in [0.5, 0.6) is 0 Å². The Kier molecular flexibility index (Phi) is 9.46. The van der Waals surface area contributed by atoms with Gasteiger partial charge in [0.05, 0.1) is 0 Å². The molecule has 0 aliphatic rings. The second kappa shape index (κ2) is 5.74. The Hall–Kier alpha value is 0.740. The van der Waals surface area contributed by atoms with Gasteiger partial charge in [0.1, 0.15) is 0 Å².